The Kier molecular flexibility index (Phi) is 5.54. The molecule has 0 spiro atoms. The Balaban J connectivity index is 1.57. The molecule has 130 valence electrons. The summed E-state index contributed by atoms with van der Waals surface area (Å²) in [5, 5.41) is 6.18. The van der Waals surface area contributed by atoms with Crippen LogP contribution in [0.4, 0.5) is 0 Å². The Morgan fingerprint density at radius 2 is 1.58 bits per heavy atom. The Hall–Kier alpha value is -1.84. The Labute approximate surface area is 144 Å². The molecule has 4 nitrogen and oxygen atoms in total. The summed E-state index contributed by atoms with van der Waals surface area (Å²) in [4.78, 5) is 24.3. The van der Waals surface area contributed by atoms with Gasteiger partial charge in [0.1, 0.15) is 0 Å². The second-order valence-electron chi connectivity index (χ2n) is 7.47. The van der Waals surface area contributed by atoms with Crippen molar-refractivity contribution < 1.29 is 9.59 Å². The van der Waals surface area contributed by atoms with Crippen LogP contribution in [0.3, 0.4) is 0 Å². The van der Waals surface area contributed by atoms with E-state index in [1.54, 1.807) is 0 Å². The van der Waals surface area contributed by atoms with Gasteiger partial charge >= 0.3 is 0 Å². The lowest BCUT2D eigenvalue weighted by Crippen LogP contribution is -2.46. The molecule has 24 heavy (non-hydrogen) atoms. The van der Waals surface area contributed by atoms with Gasteiger partial charge in [0.2, 0.25) is 11.8 Å². The maximum Gasteiger partial charge on any atom is 0.220 e. The molecule has 3 rings (SSSR count). The summed E-state index contributed by atoms with van der Waals surface area (Å²) in [6.07, 6.45) is 5.94. The summed E-state index contributed by atoms with van der Waals surface area (Å²) in [5.41, 5.74) is 1.19. The van der Waals surface area contributed by atoms with E-state index < -0.39 is 0 Å². The molecule has 2 N–H and O–H groups in total. The number of rotatable bonds is 9. The minimum atomic E-state index is -0.0678. The monoisotopic (exact) mass is 328 g/mol. The van der Waals surface area contributed by atoms with E-state index in [1.165, 1.54) is 31.2 Å². The molecule has 0 heterocycles. The quantitative estimate of drug-likeness (QED) is 0.732. The van der Waals surface area contributed by atoms with Gasteiger partial charge in [-0.1, -0.05) is 37.3 Å². The van der Waals surface area contributed by atoms with Gasteiger partial charge in [0.05, 0.1) is 6.04 Å². The lowest BCUT2D eigenvalue weighted by molar-refractivity contribution is -0.124. The molecule has 0 aliphatic heterocycles. The molecule has 2 fully saturated rings. The topological polar surface area (TPSA) is 58.2 Å². The zero-order valence-electron chi connectivity index (χ0n) is 14.5. The van der Waals surface area contributed by atoms with Crippen molar-refractivity contribution in [2.45, 2.75) is 57.4 Å². The summed E-state index contributed by atoms with van der Waals surface area (Å²) in [6, 6.07) is 10.1. The Morgan fingerprint density at radius 3 is 2.17 bits per heavy atom. The molecule has 1 aromatic rings. The van der Waals surface area contributed by atoms with E-state index in [0.29, 0.717) is 31.2 Å². The van der Waals surface area contributed by atoms with Crippen LogP contribution in [0.5, 0.6) is 0 Å². The van der Waals surface area contributed by atoms with E-state index in [1.807, 2.05) is 18.2 Å². The third kappa shape index (κ3) is 5.36. The number of hydrogen-bond acceptors (Lipinski definition) is 2. The average molecular weight is 328 g/mol. The van der Waals surface area contributed by atoms with Crippen molar-refractivity contribution in [2.24, 2.45) is 11.8 Å². The molecule has 0 aromatic heterocycles. The third-order valence-corrected chi connectivity index (χ3v) is 5.14. The zero-order chi connectivity index (χ0) is 16.9. The van der Waals surface area contributed by atoms with Gasteiger partial charge in [-0.15, -0.1) is 0 Å². The summed E-state index contributed by atoms with van der Waals surface area (Å²) in [5.74, 6) is 1.54. The van der Waals surface area contributed by atoms with Crippen molar-refractivity contribution in [3.05, 3.63) is 35.9 Å². The molecule has 0 bridgehead atoms. The van der Waals surface area contributed by atoms with Gasteiger partial charge in [-0.2, -0.15) is 0 Å². The fourth-order valence-corrected chi connectivity index (χ4v) is 3.07. The highest BCUT2D eigenvalue weighted by Crippen LogP contribution is 2.33. The fraction of sp³-hybridized carbons (Fsp3) is 0.600. The van der Waals surface area contributed by atoms with E-state index in [4.69, 9.17) is 0 Å². The molecule has 0 saturated heterocycles. The fourth-order valence-electron chi connectivity index (χ4n) is 3.07. The van der Waals surface area contributed by atoms with E-state index >= 15 is 0 Å². The van der Waals surface area contributed by atoms with Crippen LogP contribution in [0.1, 0.15) is 56.9 Å². The number of carbonyl (C=O) groups is 2. The van der Waals surface area contributed by atoms with Crippen LogP contribution in [0.15, 0.2) is 30.3 Å². The third-order valence-electron chi connectivity index (χ3n) is 5.14. The average Bonchev–Trinajstić information content (AvgIpc) is 3.49. The van der Waals surface area contributed by atoms with Crippen molar-refractivity contribution in [1.29, 1.82) is 0 Å². The maximum absolute atomic E-state index is 12.2. The second kappa shape index (κ2) is 7.82. The van der Waals surface area contributed by atoms with Crippen LogP contribution in [0.25, 0.3) is 0 Å². The van der Waals surface area contributed by atoms with E-state index in [-0.39, 0.29) is 23.8 Å². The predicted molar refractivity (Wildman–Crippen MR) is 94.5 cm³/mol. The van der Waals surface area contributed by atoms with Crippen LogP contribution in [-0.4, -0.2) is 24.4 Å². The maximum atomic E-state index is 12.2. The number of benzene rings is 1. The number of nitrogens with one attached hydrogen (secondary N) is 2. The first-order valence-corrected chi connectivity index (χ1v) is 9.23. The van der Waals surface area contributed by atoms with Crippen LogP contribution in [0, 0.1) is 11.8 Å². The molecular weight excluding hydrogens is 300 g/mol. The molecular formula is C20H28N2O2. The number of amides is 2. The van der Waals surface area contributed by atoms with Gasteiger partial charge in [-0.25, -0.2) is 0 Å². The molecule has 2 unspecified atom stereocenters. The zero-order valence-corrected chi connectivity index (χ0v) is 14.5. The smallest absolute Gasteiger partial charge is 0.220 e. The normalized spacial score (nSPS) is 19.4. The van der Waals surface area contributed by atoms with Crippen LogP contribution in [-0.2, 0) is 9.59 Å². The first-order chi connectivity index (χ1) is 11.6. The van der Waals surface area contributed by atoms with Crippen molar-refractivity contribution in [1.82, 2.24) is 10.6 Å². The van der Waals surface area contributed by atoms with E-state index in [0.717, 1.165) is 0 Å². The van der Waals surface area contributed by atoms with Gasteiger partial charge in [0, 0.05) is 25.3 Å². The molecule has 2 amide bonds. The summed E-state index contributed by atoms with van der Waals surface area (Å²) < 4.78 is 0. The molecule has 1 aromatic carbocycles. The van der Waals surface area contributed by atoms with E-state index in [2.05, 4.69) is 29.7 Å². The van der Waals surface area contributed by atoms with Crippen molar-refractivity contribution in [3.8, 4) is 0 Å². The summed E-state index contributed by atoms with van der Waals surface area (Å²) >= 11 is 0. The van der Waals surface area contributed by atoms with Crippen molar-refractivity contribution in [3.63, 3.8) is 0 Å². The summed E-state index contributed by atoms with van der Waals surface area (Å²) in [6.45, 7) is 2.61. The predicted octanol–water partition coefficient (Wildman–Crippen LogP) is 2.99. The van der Waals surface area contributed by atoms with Gasteiger partial charge in [0.15, 0.2) is 0 Å². The van der Waals surface area contributed by atoms with Gasteiger partial charge in [-0.3, -0.25) is 9.59 Å². The summed E-state index contributed by atoms with van der Waals surface area (Å²) in [7, 11) is 0. The van der Waals surface area contributed by atoms with Gasteiger partial charge in [-0.05, 0) is 43.1 Å². The van der Waals surface area contributed by atoms with Crippen LogP contribution in [0.2, 0.25) is 0 Å². The number of carbonyl (C=O) groups excluding carboxylic acids is 2. The highest BCUT2D eigenvalue weighted by atomic mass is 16.2. The standard InChI is InChI=1S/C20H28N2O2/c1-14(17-5-3-2-4-6-17)18(22-20(24)12-16-9-10-16)13-21-19(23)11-15-7-8-15/h2-6,14-16,18H,7-13H2,1H3,(H,21,23)(H,22,24). The Bertz CT molecular complexity index is 564. The molecule has 2 aliphatic carbocycles. The second-order valence-corrected chi connectivity index (χ2v) is 7.47. The lowest BCUT2D eigenvalue weighted by Gasteiger charge is -2.26. The first-order valence-electron chi connectivity index (χ1n) is 9.23. The molecule has 2 atom stereocenters. The van der Waals surface area contributed by atoms with Crippen molar-refractivity contribution in [2.75, 3.05) is 6.54 Å². The van der Waals surface area contributed by atoms with Gasteiger partial charge in [0.25, 0.3) is 0 Å². The molecule has 2 saturated carbocycles. The highest BCUT2D eigenvalue weighted by molar-refractivity contribution is 5.78. The Morgan fingerprint density at radius 1 is 1.00 bits per heavy atom. The first kappa shape index (κ1) is 17.0. The highest BCUT2D eigenvalue weighted by Gasteiger charge is 2.28. The lowest BCUT2D eigenvalue weighted by atomic mass is 9.93. The minimum Gasteiger partial charge on any atom is -0.354 e. The van der Waals surface area contributed by atoms with Crippen LogP contribution >= 0.6 is 0 Å². The van der Waals surface area contributed by atoms with Gasteiger partial charge < -0.3 is 10.6 Å². The molecule has 0 radical (unpaired) electrons. The SMILES string of the molecule is CC(c1ccccc1)C(CNC(=O)CC1CC1)NC(=O)CC1CC1. The molecule has 2 aliphatic rings. The van der Waals surface area contributed by atoms with E-state index in [9.17, 15) is 9.59 Å². The van der Waals surface area contributed by atoms with Crippen molar-refractivity contribution >= 4 is 11.8 Å². The minimum absolute atomic E-state index is 0.0678. The largest absolute Gasteiger partial charge is 0.354 e. The van der Waals surface area contributed by atoms with Crippen LogP contribution < -0.4 is 10.6 Å². The number of hydrogen-bond donors (Lipinski definition) is 2. The molecule has 4 heteroatoms.